The summed E-state index contributed by atoms with van der Waals surface area (Å²) in [5.74, 6) is 1.86. The Hall–Kier alpha value is -2.90. The Balaban J connectivity index is 1.29. The molecule has 8 heteroatoms. The van der Waals surface area contributed by atoms with Crippen molar-refractivity contribution < 1.29 is 14.1 Å². The molecular weight excluding hydrogens is 428 g/mol. The van der Waals surface area contributed by atoms with E-state index >= 15 is 0 Å². The van der Waals surface area contributed by atoms with Crippen LogP contribution in [-0.2, 0) is 17.9 Å². The van der Waals surface area contributed by atoms with Gasteiger partial charge in [-0.25, -0.2) is 0 Å². The minimum atomic E-state index is -0.0580. The SMILES string of the molecule is CCOc1ccc(CNC(=O)C2CCCN(Cc3nc(-c4ccccc4Cl)no3)C2)cc1. The number of hydrogen-bond acceptors (Lipinski definition) is 6. The first kappa shape index (κ1) is 22.3. The highest BCUT2D eigenvalue weighted by molar-refractivity contribution is 6.33. The molecule has 1 unspecified atom stereocenters. The molecule has 1 N–H and O–H groups in total. The van der Waals surface area contributed by atoms with E-state index in [9.17, 15) is 4.79 Å². The molecule has 0 spiro atoms. The summed E-state index contributed by atoms with van der Waals surface area (Å²) in [5.41, 5.74) is 1.79. The van der Waals surface area contributed by atoms with Crippen molar-refractivity contribution in [3.05, 3.63) is 65.0 Å². The van der Waals surface area contributed by atoms with Crippen LogP contribution in [0.15, 0.2) is 53.1 Å². The van der Waals surface area contributed by atoms with Gasteiger partial charge in [0.1, 0.15) is 5.75 Å². The maximum atomic E-state index is 12.7. The minimum Gasteiger partial charge on any atom is -0.494 e. The number of halogens is 1. The van der Waals surface area contributed by atoms with Crippen molar-refractivity contribution in [3.8, 4) is 17.1 Å². The standard InChI is InChI=1S/C24H27ClN4O3/c1-2-31-19-11-9-17(10-12-19)14-26-24(30)18-6-5-13-29(15-18)16-22-27-23(28-32-22)20-7-3-4-8-21(20)25/h3-4,7-12,18H,2,5-6,13-16H2,1H3,(H,26,30). The summed E-state index contributed by atoms with van der Waals surface area (Å²) in [7, 11) is 0. The summed E-state index contributed by atoms with van der Waals surface area (Å²) in [6.45, 7) is 5.18. The molecule has 0 bridgehead atoms. The van der Waals surface area contributed by atoms with Gasteiger partial charge in [-0.3, -0.25) is 9.69 Å². The van der Waals surface area contributed by atoms with Gasteiger partial charge in [0.05, 0.1) is 24.1 Å². The number of likely N-dealkylation sites (tertiary alicyclic amines) is 1. The van der Waals surface area contributed by atoms with Gasteiger partial charge in [0.15, 0.2) is 0 Å². The smallest absolute Gasteiger partial charge is 0.241 e. The van der Waals surface area contributed by atoms with Crippen LogP contribution in [-0.4, -0.2) is 40.6 Å². The molecule has 32 heavy (non-hydrogen) atoms. The predicted octanol–water partition coefficient (Wildman–Crippen LogP) is 4.32. The second-order valence-electron chi connectivity index (χ2n) is 7.86. The molecule has 0 radical (unpaired) electrons. The lowest BCUT2D eigenvalue weighted by Gasteiger charge is -2.30. The maximum Gasteiger partial charge on any atom is 0.241 e. The third-order valence-corrected chi connectivity index (χ3v) is 5.85. The molecule has 0 aliphatic carbocycles. The van der Waals surface area contributed by atoms with Crippen molar-refractivity contribution in [2.75, 3.05) is 19.7 Å². The molecule has 1 aliphatic rings. The molecule has 1 atom stereocenters. The van der Waals surface area contributed by atoms with Crippen molar-refractivity contribution in [3.63, 3.8) is 0 Å². The third kappa shape index (κ3) is 5.66. The van der Waals surface area contributed by atoms with Crippen molar-refractivity contribution in [2.24, 2.45) is 5.92 Å². The molecule has 0 saturated carbocycles. The normalized spacial score (nSPS) is 16.6. The third-order valence-electron chi connectivity index (χ3n) is 5.52. The molecule has 168 valence electrons. The van der Waals surface area contributed by atoms with Crippen LogP contribution in [0.2, 0.25) is 5.02 Å². The Morgan fingerprint density at radius 1 is 1.25 bits per heavy atom. The Morgan fingerprint density at radius 3 is 2.84 bits per heavy atom. The van der Waals surface area contributed by atoms with Crippen molar-refractivity contribution in [1.82, 2.24) is 20.4 Å². The van der Waals surface area contributed by atoms with Gasteiger partial charge in [0, 0.05) is 18.7 Å². The van der Waals surface area contributed by atoms with E-state index in [1.165, 1.54) is 0 Å². The second kappa shape index (κ2) is 10.6. The summed E-state index contributed by atoms with van der Waals surface area (Å²) < 4.78 is 10.9. The predicted molar refractivity (Wildman–Crippen MR) is 122 cm³/mol. The summed E-state index contributed by atoms with van der Waals surface area (Å²) in [4.78, 5) is 19.4. The molecule has 7 nitrogen and oxygen atoms in total. The lowest BCUT2D eigenvalue weighted by molar-refractivity contribution is -0.127. The van der Waals surface area contributed by atoms with Gasteiger partial charge in [-0.2, -0.15) is 4.98 Å². The fourth-order valence-electron chi connectivity index (χ4n) is 3.88. The molecular formula is C24H27ClN4O3. The fraction of sp³-hybridized carbons (Fsp3) is 0.375. The number of nitrogens with one attached hydrogen (secondary N) is 1. The van der Waals surface area contributed by atoms with Gasteiger partial charge >= 0.3 is 0 Å². The van der Waals surface area contributed by atoms with Crippen LogP contribution in [0.1, 0.15) is 31.2 Å². The molecule has 1 aliphatic heterocycles. The lowest BCUT2D eigenvalue weighted by atomic mass is 9.97. The van der Waals surface area contributed by atoms with E-state index in [0.717, 1.165) is 36.3 Å². The summed E-state index contributed by atoms with van der Waals surface area (Å²) >= 11 is 6.23. The van der Waals surface area contributed by atoms with Crippen LogP contribution in [0.25, 0.3) is 11.4 Å². The highest BCUT2D eigenvalue weighted by Crippen LogP contribution is 2.25. The van der Waals surface area contributed by atoms with Gasteiger partial charge in [-0.1, -0.05) is 41.0 Å². The van der Waals surface area contributed by atoms with E-state index in [1.807, 2.05) is 49.4 Å². The van der Waals surface area contributed by atoms with E-state index in [4.69, 9.17) is 20.9 Å². The van der Waals surface area contributed by atoms with Gasteiger partial charge in [-0.15, -0.1) is 0 Å². The number of amides is 1. The average molecular weight is 455 g/mol. The van der Waals surface area contributed by atoms with E-state index in [2.05, 4.69) is 20.4 Å². The summed E-state index contributed by atoms with van der Waals surface area (Å²) in [6, 6.07) is 15.2. The van der Waals surface area contributed by atoms with Crippen LogP contribution < -0.4 is 10.1 Å². The van der Waals surface area contributed by atoms with Gasteiger partial charge in [0.25, 0.3) is 0 Å². The highest BCUT2D eigenvalue weighted by Gasteiger charge is 2.27. The monoisotopic (exact) mass is 454 g/mol. The zero-order valence-corrected chi connectivity index (χ0v) is 18.8. The van der Waals surface area contributed by atoms with Crippen LogP contribution in [0, 0.1) is 5.92 Å². The molecule has 1 saturated heterocycles. The molecule has 1 amide bonds. The molecule has 1 fully saturated rings. The van der Waals surface area contributed by atoms with Crippen LogP contribution in [0.4, 0.5) is 0 Å². The van der Waals surface area contributed by atoms with Gasteiger partial charge < -0.3 is 14.6 Å². The molecule has 4 rings (SSSR count). The number of aromatic nitrogens is 2. The number of rotatable bonds is 8. The maximum absolute atomic E-state index is 12.7. The number of ether oxygens (including phenoxy) is 1. The van der Waals surface area contributed by atoms with Gasteiger partial charge in [-0.05, 0) is 56.1 Å². The Labute approximate surface area is 192 Å². The number of nitrogens with zero attached hydrogens (tertiary/aromatic N) is 3. The number of hydrogen-bond donors (Lipinski definition) is 1. The first-order chi connectivity index (χ1) is 15.6. The first-order valence-corrected chi connectivity index (χ1v) is 11.3. The summed E-state index contributed by atoms with van der Waals surface area (Å²) in [6.07, 6.45) is 1.83. The van der Waals surface area contributed by atoms with Crippen molar-refractivity contribution in [1.29, 1.82) is 0 Å². The average Bonchev–Trinajstić information content (AvgIpc) is 3.27. The van der Waals surface area contributed by atoms with Crippen molar-refractivity contribution >= 4 is 17.5 Å². The molecule has 2 aromatic carbocycles. The first-order valence-electron chi connectivity index (χ1n) is 10.9. The minimum absolute atomic E-state index is 0.0580. The summed E-state index contributed by atoms with van der Waals surface area (Å²) in [5, 5.41) is 7.71. The van der Waals surface area contributed by atoms with Crippen LogP contribution in [0.5, 0.6) is 5.75 Å². The van der Waals surface area contributed by atoms with E-state index in [1.54, 1.807) is 6.07 Å². The van der Waals surface area contributed by atoms with E-state index in [-0.39, 0.29) is 11.8 Å². The number of benzene rings is 2. The van der Waals surface area contributed by atoms with Crippen LogP contribution in [0.3, 0.4) is 0 Å². The quantitative estimate of drug-likeness (QED) is 0.546. The number of carbonyl (C=O) groups excluding carboxylic acids is 1. The number of piperidine rings is 1. The van der Waals surface area contributed by atoms with Crippen LogP contribution >= 0.6 is 11.6 Å². The largest absolute Gasteiger partial charge is 0.494 e. The molecule has 3 aromatic rings. The Kier molecular flexibility index (Phi) is 7.39. The molecule has 1 aromatic heterocycles. The van der Waals surface area contributed by atoms with E-state index < -0.39 is 0 Å². The Bertz CT molecular complexity index is 1040. The number of carbonyl (C=O) groups is 1. The van der Waals surface area contributed by atoms with E-state index in [0.29, 0.717) is 43.0 Å². The zero-order valence-electron chi connectivity index (χ0n) is 18.1. The van der Waals surface area contributed by atoms with Crippen molar-refractivity contribution in [2.45, 2.75) is 32.9 Å². The zero-order chi connectivity index (χ0) is 22.3. The fourth-order valence-corrected chi connectivity index (χ4v) is 4.10. The topological polar surface area (TPSA) is 80.5 Å². The lowest BCUT2D eigenvalue weighted by Crippen LogP contribution is -2.42. The second-order valence-corrected chi connectivity index (χ2v) is 8.27. The van der Waals surface area contributed by atoms with Gasteiger partial charge in [0.2, 0.25) is 17.6 Å². The Morgan fingerprint density at radius 2 is 2.06 bits per heavy atom. The highest BCUT2D eigenvalue weighted by atomic mass is 35.5. The molecule has 2 heterocycles.